The van der Waals surface area contributed by atoms with Crippen LogP contribution in [0.2, 0.25) is 0 Å². The standard InChI is InChI=1S/C16H22/c1-9-7-13-5-6-14-8-10(2)12(4)16(14)15(13)11(9)3/h5-6,9-12H,7-8H2,1-4H3/t9-,10+,11-,12+. The average Bonchev–Trinajstić information content (AvgIpc) is 2.69. The third-order valence-corrected chi connectivity index (χ3v) is 5.17. The summed E-state index contributed by atoms with van der Waals surface area (Å²) in [6, 6.07) is 4.80. The van der Waals surface area contributed by atoms with E-state index in [1.54, 1.807) is 22.3 Å². The van der Waals surface area contributed by atoms with Crippen LogP contribution in [-0.2, 0) is 12.8 Å². The minimum atomic E-state index is 0.776. The second-order valence-corrected chi connectivity index (χ2v) is 6.15. The lowest BCUT2D eigenvalue weighted by Crippen LogP contribution is -2.04. The maximum atomic E-state index is 2.42. The molecule has 1 aromatic carbocycles. The first-order valence-electron chi connectivity index (χ1n) is 6.74. The molecule has 0 nitrogen and oxygen atoms in total. The van der Waals surface area contributed by atoms with Gasteiger partial charge in [-0.25, -0.2) is 0 Å². The quantitative estimate of drug-likeness (QED) is 0.604. The lowest BCUT2D eigenvalue weighted by Gasteiger charge is -2.18. The Morgan fingerprint density at radius 1 is 0.750 bits per heavy atom. The summed E-state index contributed by atoms with van der Waals surface area (Å²) >= 11 is 0. The van der Waals surface area contributed by atoms with E-state index < -0.39 is 0 Å². The molecule has 0 N–H and O–H groups in total. The van der Waals surface area contributed by atoms with Crippen LogP contribution in [0, 0.1) is 11.8 Å². The monoisotopic (exact) mass is 214 g/mol. The van der Waals surface area contributed by atoms with Gasteiger partial charge in [0.2, 0.25) is 0 Å². The van der Waals surface area contributed by atoms with Gasteiger partial charge in [-0.2, -0.15) is 0 Å². The summed E-state index contributed by atoms with van der Waals surface area (Å²) in [7, 11) is 0. The van der Waals surface area contributed by atoms with E-state index in [2.05, 4.69) is 39.8 Å². The van der Waals surface area contributed by atoms with Crippen LogP contribution >= 0.6 is 0 Å². The summed E-state index contributed by atoms with van der Waals surface area (Å²) in [5.74, 6) is 3.23. The summed E-state index contributed by atoms with van der Waals surface area (Å²) in [5.41, 5.74) is 6.73. The Morgan fingerprint density at radius 2 is 1.12 bits per heavy atom. The first-order valence-corrected chi connectivity index (χ1v) is 6.74. The summed E-state index contributed by atoms with van der Waals surface area (Å²) in [6.07, 6.45) is 2.59. The van der Waals surface area contributed by atoms with Gasteiger partial charge in [-0.3, -0.25) is 0 Å². The molecule has 0 radical (unpaired) electrons. The Hall–Kier alpha value is -0.780. The summed E-state index contributed by atoms with van der Waals surface area (Å²) in [4.78, 5) is 0. The number of benzene rings is 1. The topological polar surface area (TPSA) is 0 Å². The van der Waals surface area contributed by atoms with Crippen molar-refractivity contribution in [2.24, 2.45) is 11.8 Å². The van der Waals surface area contributed by atoms with Crippen molar-refractivity contribution >= 4 is 0 Å². The SMILES string of the molecule is C[C@@H]1Cc2ccc3c(c2[C@@H]1C)[C@@H](C)[C@@H](C)C3. The molecule has 0 heterocycles. The van der Waals surface area contributed by atoms with Crippen molar-refractivity contribution in [3.05, 3.63) is 34.4 Å². The van der Waals surface area contributed by atoms with Crippen molar-refractivity contribution in [1.29, 1.82) is 0 Å². The van der Waals surface area contributed by atoms with Crippen LogP contribution in [-0.4, -0.2) is 0 Å². The molecule has 2 aliphatic carbocycles. The number of rotatable bonds is 0. The van der Waals surface area contributed by atoms with Gasteiger partial charge in [0.25, 0.3) is 0 Å². The van der Waals surface area contributed by atoms with Crippen LogP contribution in [0.5, 0.6) is 0 Å². The van der Waals surface area contributed by atoms with Gasteiger partial charge in [0.05, 0.1) is 0 Å². The Bertz CT molecular complexity index is 389. The molecule has 0 aliphatic heterocycles. The molecule has 0 saturated carbocycles. The van der Waals surface area contributed by atoms with Gasteiger partial charge in [0.15, 0.2) is 0 Å². The van der Waals surface area contributed by atoms with Crippen LogP contribution in [0.1, 0.15) is 61.8 Å². The Balaban J connectivity index is 2.19. The highest BCUT2D eigenvalue weighted by molar-refractivity contribution is 5.50. The predicted molar refractivity (Wildman–Crippen MR) is 69.0 cm³/mol. The number of fused-ring (bicyclic) bond motifs is 3. The van der Waals surface area contributed by atoms with Gasteiger partial charge in [0, 0.05) is 0 Å². The highest BCUT2D eigenvalue weighted by Gasteiger charge is 2.35. The zero-order valence-electron chi connectivity index (χ0n) is 10.9. The number of hydrogen-bond acceptors (Lipinski definition) is 0. The molecule has 0 heteroatoms. The molecule has 1 aromatic rings. The highest BCUT2D eigenvalue weighted by Crippen LogP contribution is 2.48. The molecule has 0 unspecified atom stereocenters. The van der Waals surface area contributed by atoms with Crippen molar-refractivity contribution in [1.82, 2.24) is 0 Å². The molecule has 0 aromatic heterocycles. The van der Waals surface area contributed by atoms with Crippen LogP contribution in [0.25, 0.3) is 0 Å². The third kappa shape index (κ3) is 1.22. The summed E-state index contributed by atoms with van der Waals surface area (Å²) in [6.45, 7) is 9.65. The molecule has 2 aliphatic rings. The zero-order valence-corrected chi connectivity index (χ0v) is 10.9. The van der Waals surface area contributed by atoms with E-state index >= 15 is 0 Å². The van der Waals surface area contributed by atoms with E-state index in [9.17, 15) is 0 Å². The second-order valence-electron chi connectivity index (χ2n) is 6.15. The maximum Gasteiger partial charge on any atom is -0.0156 e. The van der Waals surface area contributed by atoms with Gasteiger partial charge in [-0.15, -0.1) is 0 Å². The lowest BCUT2D eigenvalue weighted by atomic mass is 9.87. The molecular formula is C16H22. The molecular weight excluding hydrogens is 192 g/mol. The average molecular weight is 214 g/mol. The van der Waals surface area contributed by atoms with Gasteiger partial charge in [0.1, 0.15) is 0 Å². The van der Waals surface area contributed by atoms with E-state index in [1.807, 2.05) is 0 Å². The third-order valence-electron chi connectivity index (χ3n) is 5.17. The van der Waals surface area contributed by atoms with Gasteiger partial charge < -0.3 is 0 Å². The zero-order chi connectivity index (χ0) is 11.4. The predicted octanol–water partition coefficient (Wildman–Crippen LogP) is 4.28. The molecule has 86 valence electrons. The maximum absolute atomic E-state index is 2.42. The van der Waals surface area contributed by atoms with Crippen molar-refractivity contribution in [2.75, 3.05) is 0 Å². The highest BCUT2D eigenvalue weighted by atomic mass is 14.4. The molecule has 0 amide bonds. The molecule has 0 spiro atoms. The van der Waals surface area contributed by atoms with Crippen LogP contribution < -0.4 is 0 Å². The Morgan fingerprint density at radius 3 is 1.50 bits per heavy atom. The fourth-order valence-electron chi connectivity index (χ4n) is 3.77. The first-order chi connectivity index (χ1) is 7.59. The van der Waals surface area contributed by atoms with E-state index in [4.69, 9.17) is 0 Å². The Labute approximate surface area is 99.1 Å². The fourth-order valence-corrected chi connectivity index (χ4v) is 3.77. The van der Waals surface area contributed by atoms with Gasteiger partial charge in [-0.1, -0.05) is 39.8 Å². The summed E-state index contributed by atoms with van der Waals surface area (Å²) in [5, 5.41) is 0. The van der Waals surface area contributed by atoms with Crippen LogP contribution in [0.4, 0.5) is 0 Å². The van der Waals surface area contributed by atoms with Gasteiger partial charge >= 0.3 is 0 Å². The molecule has 3 rings (SSSR count). The molecule has 0 saturated heterocycles. The number of hydrogen-bond donors (Lipinski definition) is 0. The van der Waals surface area contributed by atoms with Crippen molar-refractivity contribution in [2.45, 2.75) is 52.4 Å². The smallest absolute Gasteiger partial charge is 0.0156 e. The van der Waals surface area contributed by atoms with Crippen LogP contribution in [0.3, 0.4) is 0 Å². The molecule has 16 heavy (non-hydrogen) atoms. The normalized spacial score (nSPS) is 36.2. The van der Waals surface area contributed by atoms with E-state index in [-0.39, 0.29) is 0 Å². The minimum absolute atomic E-state index is 0.776. The van der Waals surface area contributed by atoms with E-state index in [0.717, 1.165) is 23.7 Å². The Kier molecular flexibility index (Phi) is 2.18. The summed E-state index contributed by atoms with van der Waals surface area (Å²) < 4.78 is 0. The fraction of sp³-hybridized carbons (Fsp3) is 0.625. The van der Waals surface area contributed by atoms with Crippen LogP contribution in [0.15, 0.2) is 12.1 Å². The first kappa shape index (κ1) is 10.4. The molecule has 0 bridgehead atoms. The van der Waals surface area contributed by atoms with Crippen molar-refractivity contribution in [3.8, 4) is 0 Å². The molecule has 4 atom stereocenters. The molecule has 0 fully saturated rings. The van der Waals surface area contributed by atoms with E-state index in [1.165, 1.54) is 12.8 Å². The lowest BCUT2D eigenvalue weighted by molar-refractivity contribution is 0.511. The van der Waals surface area contributed by atoms with E-state index in [0.29, 0.717) is 0 Å². The second kappa shape index (κ2) is 3.35. The minimum Gasteiger partial charge on any atom is -0.0616 e. The van der Waals surface area contributed by atoms with Crippen molar-refractivity contribution in [3.63, 3.8) is 0 Å². The van der Waals surface area contributed by atoms with Crippen molar-refractivity contribution < 1.29 is 0 Å². The van der Waals surface area contributed by atoms with Gasteiger partial charge in [-0.05, 0) is 58.8 Å². The largest absolute Gasteiger partial charge is 0.0616 e.